The van der Waals surface area contributed by atoms with Crippen LogP contribution in [0, 0.1) is 0 Å². The summed E-state index contributed by atoms with van der Waals surface area (Å²) in [4.78, 5) is 14.5. The fourth-order valence-electron chi connectivity index (χ4n) is 3.26. The number of halogens is 3. The smallest absolute Gasteiger partial charge is 0.248 e. The number of carbonyl (C=O) groups excluding carboxylic acids is 1. The Bertz CT molecular complexity index is 1120. The van der Waals surface area contributed by atoms with Crippen molar-refractivity contribution in [3.63, 3.8) is 0 Å². The normalized spacial score (nSPS) is 14.2. The van der Waals surface area contributed by atoms with E-state index >= 15 is 0 Å². The van der Waals surface area contributed by atoms with Crippen molar-refractivity contribution >= 4 is 58.2 Å². The lowest BCUT2D eigenvalue weighted by atomic mass is 10.2. The quantitative estimate of drug-likeness (QED) is 0.432. The average Bonchev–Trinajstić information content (AvgIpc) is 3.23. The maximum atomic E-state index is 12.3. The SMILES string of the molecule is O=C(C=Cc1ccc(-c2cc(Cl)ccc2Cl)o1)Nc1ccc(N2CCOCC2)c(Cl)c1. The zero-order valence-electron chi connectivity index (χ0n) is 16.4. The maximum absolute atomic E-state index is 12.3. The van der Waals surface area contributed by atoms with E-state index in [-0.39, 0.29) is 5.91 Å². The molecule has 1 aliphatic heterocycles. The molecule has 3 aromatic rings. The zero-order chi connectivity index (χ0) is 21.8. The first-order valence-electron chi connectivity index (χ1n) is 9.66. The predicted octanol–water partition coefficient (Wildman–Crippen LogP) is 6.40. The minimum absolute atomic E-state index is 0.297. The van der Waals surface area contributed by atoms with Gasteiger partial charge in [-0.15, -0.1) is 0 Å². The Balaban J connectivity index is 1.40. The first-order valence-corrected chi connectivity index (χ1v) is 10.8. The van der Waals surface area contributed by atoms with Crippen molar-refractivity contribution in [2.75, 3.05) is 36.5 Å². The number of amides is 1. The second-order valence-electron chi connectivity index (χ2n) is 6.91. The summed E-state index contributed by atoms with van der Waals surface area (Å²) >= 11 is 18.7. The third kappa shape index (κ3) is 5.43. The standard InChI is InChI=1S/C23H19Cl3N2O3/c24-15-1-5-19(25)18(13-15)22-7-3-17(31-22)4-8-23(29)27-16-2-6-21(20(26)14-16)28-9-11-30-12-10-28/h1-8,13-14H,9-12H2,(H,27,29). The first-order chi connectivity index (χ1) is 15.0. The molecule has 0 atom stereocenters. The van der Waals surface area contributed by atoms with Crippen LogP contribution in [0.3, 0.4) is 0 Å². The third-order valence-corrected chi connectivity index (χ3v) is 5.65. The highest BCUT2D eigenvalue weighted by atomic mass is 35.5. The monoisotopic (exact) mass is 476 g/mol. The van der Waals surface area contributed by atoms with Crippen LogP contribution in [0.2, 0.25) is 15.1 Å². The van der Waals surface area contributed by atoms with Crippen molar-refractivity contribution in [1.29, 1.82) is 0 Å². The molecule has 5 nitrogen and oxygen atoms in total. The summed E-state index contributed by atoms with van der Waals surface area (Å²) < 4.78 is 11.1. The van der Waals surface area contributed by atoms with Crippen molar-refractivity contribution in [1.82, 2.24) is 0 Å². The Morgan fingerprint density at radius 3 is 2.55 bits per heavy atom. The van der Waals surface area contributed by atoms with E-state index < -0.39 is 0 Å². The Morgan fingerprint density at radius 2 is 1.77 bits per heavy atom. The minimum atomic E-state index is -0.297. The van der Waals surface area contributed by atoms with E-state index in [1.54, 1.807) is 42.5 Å². The van der Waals surface area contributed by atoms with Crippen LogP contribution in [0.5, 0.6) is 0 Å². The van der Waals surface area contributed by atoms with Gasteiger partial charge in [0.25, 0.3) is 0 Å². The molecule has 8 heteroatoms. The first kappa shape index (κ1) is 21.8. The lowest BCUT2D eigenvalue weighted by molar-refractivity contribution is -0.111. The molecule has 1 amide bonds. The summed E-state index contributed by atoms with van der Waals surface area (Å²) in [7, 11) is 0. The number of nitrogens with zero attached hydrogens (tertiary/aromatic N) is 1. The van der Waals surface area contributed by atoms with Gasteiger partial charge in [-0.05, 0) is 54.6 Å². The van der Waals surface area contributed by atoms with E-state index in [2.05, 4.69) is 10.2 Å². The molecule has 2 aromatic carbocycles. The molecule has 0 radical (unpaired) electrons. The van der Waals surface area contributed by atoms with Gasteiger partial charge in [0.2, 0.25) is 5.91 Å². The number of anilines is 2. The number of ether oxygens (including phenoxy) is 1. The molecule has 0 spiro atoms. The Morgan fingerprint density at radius 1 is 0.968 bits per heavy atom. The van der Waals surface area contributed by atoms with Crippen molar-refractivity contribution in [2.24, 2.45) is 0 Å². The molecule has 1 aromatic heterocycles. The number of carbonyl (C=O) groups is 1. The summed E-state index contributed by atoms with van der Waals surface area (Å²) in [5.74, 6) is 0.786. The molecule has 0 unspecified atom stereocenters. The predicted molar refractivity (Wildman–Crippen MR) is 126 cm³/mol. The van der Waals surface area contributed by atoms with Crippen LogP contribution in [0.25, 0.3) is 17.4 Å². The number of hydrogen-bond donors (Lipinski definition) is 1. The van der Waals surface area contributed by atoms with Gasteiger partial charge in [0.1, 0.15) is 11.5 Å². The molecule has 4 rings (SSSR count). The van der Waals surface area contributed by atoms with Crippen LogP contribution in [0.1, 0.15) is 5.76 Å². The summed E-state index contributed by atoms with van der Waals surface area (Å²) in [5.41, 5.74) is 2.23. The van der Waals surface area contributed by atoms with E-state index in [1.807, 2.05) is 12.1 Å². The van der Waals surface area contributed by atoms with Crippen molar-refractivity contribution < 1.29 is 13.9 Å². The van der Waals surface area contributed by atoms with Gasteiger partial charge in [-0.1, -0.05) is 34.8 Å². The number of morpholine rings is 1. The Kier molecular flexibility index (Phi) is 6.88. The second-order valence-corrected chi connectivity index (χ2v) is 8.17. The summed E-state index contributed by atoms with van der Waals surface area (Å²) in [6, 6.07) is 14.2. The second kappa shape index (κ2) is 9.79. The molecule has 1 saturated heterocycles. The van der Waals surface area contributed by atoms with Gasteiger partial charge in [-0.25, -0.2) is 0 Å². The molecule has 31 heavy (non-hydrogen) atoms. The lowest BCUT2D eigenvalue weighted by Crippen LogP contribution is -2.36. The third-order valence-electron chi connectivity index (χ3n) is 4.79. The molecule has 1 fully saturated rings. The molecule has 1 aliphatic rings. The Hall–Kier alpha value is -2.44. The van der Waals surface area contributed by atoms with Crippen molar-refractivity contribution in [3.8, 4) is 11.3 Å². The lowest BCUT2D eigenvalue weighted by Gasteiger charge is -2.29. The van der Waals surface area contributed by atoms with Gasteiger partial charge in [-0.2, -0.15) is 0 Å². The van der Waals surface area contributed by atoms with Crippen molar-refractivity contribution in [2.45, 2.75) is 0 Å². The van der Waals surface area contributed by atoms with Gasteiger partial charge < -0.3 is 19.4 Å². The molecular weight excluding hydrogens is 459 g/mol. The number of nitrogens with one attached hydrogen (secondary N) is 1. The van der Waals surface area contributed by atoms with Gasteiger partial charge in [-0.3, -0.25) is 4.79 Å². The topological polar surface area (TPSA) is 54.7 Å². The minimum Gasteiger partial charge on any atom is -0.457 e. The summed E-state index contributed by atoms with van der Waals surface area (Å²) in [5, 5.41) is 4.48. The fourth-order valence-corrected chi connectivity index (χ4v) is 3.94. The largest absolute Gasteiger partial charge is 0.457 e. The van der Waals surface area contributed by atoms with Gasteiger partial charge >= 0.3 is 0 Å². The van der Waals surface area contributed by atoms with Crippen LogP contribution in [-0.2, 0) is 9.53 Å². The fraction of sp³-hybridized carbons (Fsp3) is 0.174. The van der Waals surface area contributed by atoms with Crippen LogP contribution >= 0.6 is 34.8 Å². The van der Waals surface area contributed by atoms with Crippen LogP contribution in [-0.4, -0.2) is 32.2 Å². The molecule has 0 bridgehead atoms. The van der Waals surface area contributed by atoms with Gasteiger partial charge in [0.05, 0.1) is 28.9 Å². The average molecular weight is 478 g/mol. The van der Waals surface area contributed by atoms with E-state index in [9.17, 15) is 4.79 Å². The number of furan rings is 1. The Labute approximate surface area is 195 Å². The molecule has 0 aliphatic carbocycles. The summed E-state index contributed by atoms with van der Waals surface area (Å²) in [6.07, 6.45) is 2.98. The van der Waals surface area contributed by atoms with Crippen LogP contribution in [0.15, 0.2) is 59.0 Å². The van der Waals surface area contributed by atoms with Crippen LogP contribution < -0.4 is 10.2 Å². The van der Waals surface area contributed by atoms with E-state index in [4.69, 9.17) is 44.0 Å². The number of benzene rings is 2. The van der Waals surface area contributed by atoms with Gasteiger partial charge in [0, 0.05) is 35.4 Å². The molecule has 2 heterocycles. The van der Waals surface area contributed by atoms with Crippen molar-refractivity contribution in [3.05, 3.63) is 75.4 Å². The maximum Gasteiger partial charge on any atom is 0.248 e. The highest BCUT2D eigenvalue weighted by Crippen LogP contribution is 2.32. The zero-order valence-corrected chi connectivity index (χ0v) is 18.7. The molecule has 160 valence electrons. The number of rotatable bonds is 5. The summed E-state index contributed by atoms with van der Waals surface area (Å²) in [6.45, 7) is 2.94. The highest BCUT2D eigenvalue weighted by Gasteiger charge is 2.15. The van der Waals surface area contributed by atoms with Gasteiger partial charge in [0.15, 0.2) is 0 Å². The van der Waals surface area contributed by atoms with E-state index in [1.165, 1.54) is 6.08 Å². The van der Waals surface area contributed by atoms with Crippen LogP contribution in [0.4, 0.5) is 11.4 Å². The van der Waals surface area contributed by atoms with E-state index in [0.717, 1.165) is 18.8 Å². The molecule has 1 N–H and O–H groups in total. The molecular formula is C23H19Cl3N2O3. The number of hydrogen-bond acceptors (Lipinski definition) is 4. The van der Waals surface area contributed by atoms with E-state index in [0.29, 0.717) is 51.1 Å². The molecule has 0 saturated carbocycles. The highest BCUT2D eigenvalue weighted by molar-refractivity contribution is 6.35.